The zero-order valence-electron chi connectivity index (χ0n) is 20.9. The van der Waals surface area contributed by atoms with Crippen molar-refractivity contribution in [1.82, 2.24) is 14.6 Å². The summed E-state index contributed by atoms with van der Waals surface area (Å²) in [7, 11) is -4.17. The Balaban J connectivity index is 1.56. The van der Waals surface area contributed by atoms with E-state index in [1.807, 2.05) is 0 Å². The lowest BCUT2D eigenvalue weighted by atomic mass is 10.1. The highest BCUT2D eigenvalue weighted by atomic mass is 31.2. The molecule has 2 fully saturated rings. The molecule has 2 aromatic rings. The number of esters is 1. The highest BCUT2D eigenvalue weighted by Crippen LogP contribution is 2.46. The van der Waals surface area contributed by atoms with E-state index in [9.17, 15) is 18.9 Å². The predicted octanol–water partition coefficient (Wildman–Crippen LogP) is 1.57. The minimum atomic E-state index is -4.17. The zero-order valence-corrected chi connectivity index (χ0v) is 21.8. The van der Waals surface area contributed by atoms with Crippen LogP contribution < -0.4 is 20.9 Å². The number of carbonyl (C=O) groups is 1. The van der Waals surface area contributed by atoms with Crippen molar-refractivity contribution < 1.29 is 41.7 Å². The van der Waals surface area contributed by atoms with Crippen LogP contribution in [0.4, 0.5) is 4.39 Å². The molecule has 0 aliphatic carbocycles. The molecule has 208 valence electrons. The first kappa shape index (κ1) is 28.1. The van der Waals surface area contributed by atoms with Gasteiger partial charge >= 0.3 is 19.4 Å². The van der Waals surface area contributed by atoms with E-state index in [4.69, 9.17) is 28.0 Å². The van der Waals surface area contributed by atoms with E-state index >= 15 is 4.39 Å². The van der Waals surface area contributed by atoms with Crippen molar-refractivity contribution in [2.75, 3.05) is 19.8 Å². The van der Waals surface area contributed by atoms with Crippen molar-refractivity contribution in [2.45, 2.75) is 57.7 Å². The number of halogens is 1. The highest BCUT2D eigenvalue weighted by molar-refractivity contribution is 7.52. The number of ether oxygens (including phenoxy) is 4. The quantitative estimate of drug-likeness (QED) is 0.323. The molecule has 1 aromatic heterocycles. The third-order valence-electron chi connectivity index (χ3n) is 5.78. The summed E-state index contributed by atoms with van der Waals surface area (Å²) in [6, 6.07) is 7.59. The third-order valence-corrected chi connectivity index (χ3v) is 7.45. The second-order valence-electron chi connectivity index (χ2n) is 8.79. The summed E-state index contributed by atoms with van der Waals surface area (Å²) in [5, 5.41) is 2.75. The first-order valence-corrected chi connectivity index (χ1v) is 13.4. The summed E-state index contributed by atoms with van der Waals surface area (Å²) in [4.78, 5) is 37.9. The smallest absolute Gasteiger partial charge is 0.456 e. The van der Waals surface area contributed by atoms with Gasteiger partial charge in [-0.25, -0.2) is 18.8 Å². The normalized spacial score (nSPS) is 26.1. The number of hydrogen-bond acceptors (Lipinski definition) is 10. The molecule has 4 rings (SSSR count). The summed E-state index contributed by atoms with van der Waals surface area (Å²) < 4.78 is 63.2. The van der Waals surface area contributed by atoms with E-state index < -0.39 is 68.5 Å². The molecule has 13 nitrogen and oxygen atoms in total. The van der Waals surface area contributed by atoms with Gasteiger partial charge in [0.2, 0.25) is 0 Å². The Bertz CT molecular complexity index is 1280. The molecule has 2 N–H and O–H groups in total. The maximum absolute atomic E-state index is 15.5. The van der Waals surface area contributed by atoms with E-state index in [0.29, 0.717) is 13.2 Å². The molecule has 0 amide bonds. The third kappa shape index (κ3) is 6.57. The Morgan fingerprint density at radius 1 is 1.26 bits per heavy atom. The van der Waals surface area contributed by atoms with Crippen LogP contribution in [0.2, 0.25) is 0 Å². The molecule has 1 unspecified atom stereocenters. The van der Waals surface area contributed by atoms with Gasteiger partial charge in [-0.1, -0.05) is 18.2 Å². The van der Waals surface area contributed by atoms with Crippen molar-refractivity contribution in [2.24, 2.45) is 0 Å². The predicted molar refractivity (Wildman–Crippen MR) is 129 cm³/mol. The first-order chi connectivity index (χ1) is 18.1. The van der Waals surface area contributed by atoms with Crippen LogP contribution in [0, 0.1) is 6.92 Å². The number of hydrogen-bond donors (Lipinski definition) is 2. The lowest BCUT2D eigenvalue weighted by Gasteiger charge is -2.27. The van der Waals surface area contributed by atoms with Gasteiger partial charge in [-0.05, 0) is 26.0 Å². The van der Waals surface area contributed by atoms with Crippen molar-refractivity contribution >= 4 is 13.7 Å². The van der Waals surface area contributed by atoms with E-state index in [1.54, 1.807) is 37.3 Å². The topological polar surface area (TPSA) is 156 Å². The Morgan fingerprint density at radius 2 is 1.95 bits per heavy atom. The molecule has 1 aromatic carbocycles. The van der Waals surface area contributed by atoms with Crippen molar-refractivity contribution in [1.29, 1.82) is 0 Å². The van der Waals surface area contributed by atoms with Gasteiger partial charge < -0.3 is 23.5 Å². The van der Waals surface area contributed by atoms with Crippen LogP contribution in [0.15, 0.2) is 46.1 Å². The second kappa shape index (κ2) is 11.9. The van der Waals surface area contributed by atoms with Gasteiger partial charge in [-0.2, -0.15) is 0 Å². The summed E-state index contributed by atoms with van der Waals surface area (Å²) in [6.45, 7) is 4.36. The monoisotopic (exact) mass is 557 g/mol. The number of aromatic nitrogens is 2. The number of para-hydroxylation sites is 1. The number of alkyl halides is 1. The van der Waals surface area contributed by atoms with Crippen LogP contribution in [0.5, 0.6) is 5.75 Å². The minimum Gasteiger partial charge on any atom is -0.456 e. The SMILES string of the molecule is CC(=O)O[C@@H]1[C@@H](F)[C@@H](n2cc(C)c(=O)[nH]c2=O)O[C@H]1COP(=O)(N[C@@H](C)C1OCCO1)Oc1ccccc1. The average Bonchev–Trinajstić information content (AvgIpc) is 3.50. The number of benzene rings is 1. The summed E-state index contributed by atoms with van der Waals surface area (Å²) >= 11 is 0. The highest BCUT2D eigenvalue weighted by Gasteiger charge is 2.50. The number of rotatable bonds is 10. The Labute approximate surface area is 216 Å². The maximum atomic E-state index is 15.5. The van der Waals surface area contributed by atoms with Gasteiger partial charge in [0.15, 0.2) is 24.8 Å². The standard InChI is InChI=1S/C23H29FN3O10P/c1-13-11-27(23(30)25-20(13)29)21-18(24)19(35-15(3)28)17(36-21)12-34-38(31,37-16-7-5-4-6-8-16)26-14(2)22-32-9-10-33-22/h4-8,11,14,17-19,21-22H,9-10,12H2,1-3H3,(H,26,31)(H,25,29,30)/t14-,17-,18+,19-,21-,38?/m0/s1. The van der Waals surface area contributed by atoms with Crippen molar-refractivity contribution in [3.8, 4) is 5.75 Å². The minimum absolute atomic E-state index is 0.138. The molecule has 0 radical (unpaired) electrons. The zero-order chi connectivity index (χ0) is 27.4. The van der Waals surface area contributed by atoms with E-state index in [-0.39, 0.29) is 11.3 Å². The van der Waals surface area contributed by atoms with E-state index in [2.05, 4.69) is 10.1 Å². The van der Waals surface area contributed by atoms with Crippen LogP contribution in [0.25, 0.3) is 0 Å². The van der Waals surface area contributed by atoms with E-state index in [1.165, 1.54) is 6.92 Å². The van der Waals surface area contributed by atoms with Gasteiger partial charge in [0, 0.05) is 18.7 Å². The Morgan fingerprint density at radius 3 is 2.61 bits per heavy atom. The largest absolute Gasteiger partial charge is 0.459 e. The summed E-state index contributed by atoms with van der Waals surface area (Å²) in [6.07, 6.45) is -5.95. The molecule has 3 heterocycles. The Hall–Kier alpha value is -2.87. The summed E-state index contributed by atoms with van der Waals surface area (Å²) in [5.74, 6) is -0.577. The number of H-pyrrole nitrogens is 1. The molecule has 38 heavy (non-hydrogen) atoms. The fourth-order valence-electron chi connectivity index (χ4n) is 4.02. The molecule has 0 spiro atoms. The molecule has 2 saturated heterocycles. The number of aryl methyl sites for hydroxylation is 1. The summed E-state index contributed by atoms with van der Waals surface area (Å²) in [5.41, 5.74) is -1.41. The molecule has 2 aliphatic heterocycles. The fraction of sp³-hybridized carbons (Fsp3) is 0.522. The maximum Gasteiger partial charge on any atom is 0.459 e. The lowest BCUT2D eigenvalue weighted by Crippen LogP contribution is -2.39. The van der Waals surface area contributed by atoms with Crippen molar-refractivity contribution in [3.63, 3.8) is 0 Å². The van der Waals surface area contributed by atoms with Gasteiger partial charge in [0.05, 0.1) is 25.9 Å². The Kier molecular flexibility index (Phi) is 8.81. The molecular formula is C23H29FN3O10P. The number of carbonyl (C=O) groups excluding carboxylic acids is 1. The number of aromatic amines is 1. The molecule has 15 heteroatoms. The average molecular weight is 557 g/mol. The van der Waals surface area contributed by atoms with E-state index in [0.717, 1.165) is 17.7 Å². The molecule has 6 atom stereocenters. The lowest BCUT2D eigenvalue weighted by molar-refractivity contribution is -0.152. The number of nitrogens with one attached hydrogen (secondary N) is 2. The molecular weight excluding hydrogens is 528 g/mol. The van der Waals surface area contributed by atoms with Gasteiger partial charge in [-0.15, -0.1) is 0 Å². The fourth-order valence-corrected chi connectivity index (χ4v) is 5.56. The van der Waals surface area contributed by atoms with Gasteiger partial charge in [0.25, 0.3) is 5.56 Å². The molecule has 0 bridgehead atoms. The van der Waals surface area contributed by atoms with Crippen LogP contribution in [-0.4, -0.2) is 66.1 Å². The molecule has 2 aliphatic rings. The van der Waals surface area contributed by atoms with Gasteiger partial charge in [-0.3, -0.25) is 23.7 Å². The van der Waals surface area contributed by atoms with Crippen molar-refractivity contribution in [3.05, 3.63) is 62.9 Å². The molecule has 0 saturated carbocycles. The van der Waals surface area contributed by atoms with Crippen LogP contribution >= 0.6 is 7.75 Å². The van der Waals surface area contributed by atoms with Gasteiger partial charge in [0.1, 0.15) is 11.9 Å². The first-order valence-electron chi connectivity index (χ1n) is 11.9. The number of nitrogens with zero attached hydrogens (tertiary/aromatic N) is 1. The van der Waals surface area contributed by atoms with Crippen LogP contribution in [0.1, 0.15) is 25.6 Å². The van der Waals surface area contributed by atoms with Crippen LogP contribution in [-0.2, 0) is 32.8 Å². The van der Waals surface area contributed by atoms with Crippen LogP contribution in [0.3, 0.4) is 0 Å². The second-order valence-corrected chi connectivity index (χ2v) is 10.5.